The van der Waals surface area contributed by atoms with E-state index in [-0.39, 0.29) is 17.5 Å². The number of carboxylic acid groups (broad SMARTS) is 1. The molecule has 0 saturated carbocycles. The van der Waals surface area contributed by atoms with Crippen molar-refractivity contribution in [2.75, 3.05) is 18.1 Å². The molecule has 0 aliphatic carbocycles. The maximum absolute atomic E-state index is 11.6. The topological polar surface area (TPSA) is 74.7 Å². The third-order valence-electron chi connectivity index (χ3n) is 4.25. The van der Waals surface area contributed by atoms with Gasteiger partial charge in [-0.3, -0.25) is 4.90 Å². The molecule has 0 radical (unpaired) electrons. The van der Waals surface area contributed by atoms with Crippen LogP contribution in [0.2, 0.25) is 0 Å². The van der Waals surface area contributed by atoms with Crippen LogP contribution in [0.5, 0.6) is 0 Å². The van der Waals surface area contributed by atoms with Gasteiger partial charge in [0.05, 0.1) is 17.1 Å². The molecule has 1 unspecified atom stereocenters. The van der Waals surface area contributed by atoms with Crippen molar-refractivity contribution in [3.05, 3.63) is 34.9 Å². The highest BCUT2D eigenvalue weighted by Gasteiger charge is 2.34. The Kier molecular flexibility index (Phi) is 3.30. The van der Waals surface area contributed by atoms with E-state index in [1.807, 2.05) is 6.07 Å². The number of fused-ring (bicyclic) bond motifs is 1. The van der Waals surface area contributed by atoms with Crippen LogP contribution < -0.4 is 0 Å². The number of benzene rings is 1. The van der Waals surface area contributed by atoms with Gasteiger partial charge in [-0.1, -0.05) is 12.1 Å². The van der Waals surface area contributed by atoms with Gasteiger partial charge in [0.2, 0.25) is 0 Å². The van der Waals surface area contributed by atoms with Crippen molar-refractivity contribution < 1.29 is 18.3 Å². The molecule has 20 heavy (non-hydrogen) atoms. The van der Waals surface area contributed by atoms with Crippen molar-refractivity contribution in [2.45, 2.75) is 25.4 Å². The van der Waals surface area contributed by atoms with E-state index >= 15 is 0 Å². The van der Waals surface area contributed by atoms with Crippen LogP contribution in [0.15, 0.2) is 18.2 Å². The number of nitrogens with zero attached hydrogens (tertiary/aromatic N) is 1. The van der Waals surface area contributed by atoms with Crippen LogP contribution in [0.4, 0.5) is 0 Å². The number of carboxylic acids is 1. The zero-order chi connectivity index (χ0) is 14.3. The third-order valence-corrected chi connectivity index (χ3v) is 6.00. The molecule has 1 fully saturated rings. The molecule has 5 nitrogen and oxygen atoms in total. The second-order valence-corrected chi connectivity index (χ2v) is 7.75. The number of hydrogen-bond acceptors (Lipinski definition) is 4. The Morgan fingerprint density at radius 3 is 2.80 bits per heavy atom. The highest BCUT2D eigenvalue weighted by atomic mass is 32.2. The van der Waals surface area contributed by atoms with Gasteiger partial charge in [0, 0.05) is 19.1 Å². The van der Waals surface area contributed by atoms with Crippen molar-refractivity contribution in [3.8, 4) is 0 Å². The molecule has 2 aliphatic heterocycles. The Hall–Kier alpha value is -1.40. The molecule has 0 aromatic heterocycles. The summed E-state index contributed by atoms with van der Waals surface area (Å²) in [4.78, 5) is 13.4. The van der Waals surface area contributed by atoms with Crippen molar-refractivity contribution >= 4 is 15.8 Å². The Balaban J connectivity index is 1.83. The summed E-state index contributed by atoms with van der Waals surface area (Å²) in [5.74, 6) is -0.379. The summed E-state index contributed by atoms with van der Waals surface area (Å²) in [6.07, 6.45) is 1.37. The zero-order valence-corrected chi connectivity index (χ0v) is 11.9. The second kappa shape index (κ2) is 4.86. The van der Waals surface area contributed by atoms with Gasteiger partial charge in [0.25, 0.3) is 0 Å². The molecule has 1 saturated heterocycles. The van der Waals surface area contributed by atoms with Crippen molar-refractivity contribution in [1.82, 2.24) is 4.90 Å². The first-order chi connectivity index (χ1) is 9.46. The van der Waals surface area contributed by atoms with Crippen LogP contribution in [-0.4, -0.2) is 48.5 Å². The average molecular weight is 295 g/mol. The van der Waals surface area contributed by atoms with Crippen LogP contribution in [0.25, 0.3) is 0 Å². The summed E-state index contributed by atoms with van der Waals surface area (Å²) in [7, 11) is -2.88. The van der Waals surface area contributed by atoms with E-state index in [4.69, 9.17) is 0 Å². The second-order valence-electron chi connectivity index (χ2n) is 5.53. The minimum Gasteiger partial charge on any atom is -0.478 e. The fourth-order valence-electron chi connectivity index (χ4n) is 3.21. The minimum absolute atomic E-state index is 0.0848. The smallest absolute Gasteiger partial charge is 0.335 e. The van der Waals surface area contributed by atoms with Gasteiger partial charge < -0.3 is 5.11 Å². The van der Waals surface area contributed by atoms with E-state index in [9.17, 15) is 18.3 Å². The first-order valence-corrected chi connectivity index (χ1v) is 8.57. The summed E-state index contributed by atoms with van der Waals surface area (Å²) < 4.78 is 23.1. The van der Waals surface area contributed by atoms with E-state index < -0.39 is 15.8 Å². The number of aromatic carboxylic acids is 1. The maximum atomic E-state index is 11.6. The van der Waals surface area contributed by atoms with Crippen LogP contribution >= 0.6 is 0 Å². The van der Waals surface area contributed by atoms with Crippen molar-refractivity contribution in [1.29, 1.82) is 0 Å². The molecule has 0 bridgehead atoms. The summed E-state index contributed by atoms with van der Waals surface area (Å²) in [6.45, 7) is 1.38. The van der Waals surface area contributed by atoms with Crippen molar-refractivity contribution in [3.63, 3.8) is 0 Å². The van der Waals surface area contributed by atoms with E-state index in [0.717, 1.165) is 17.7 Å². The highest BCUT2D eigenvalue weighted by molar-refractivity contribution is 7.91. The number of rotatable bonds is 2. The molecular formula is C14H17NO4S. The lowest BCUT2D eigenvalue weighted by molar-refractivity contribution is 0.0694. The summed E-state index contributed by atoms with van der Waals surface area (Å²) in [5.41, 5.74) is 2.29. The van der Waals surface area contributed by atoms with E-state index in [2.05, 4.69) is 4.90 Å². The molecule has 1 aromatic rings. The molecule has 108 valence electrons. The first-order valence-electron chi connectivity index (χ1n) is 6.75. The van der Waals surface area contributed by atoms with Crippen LogP contribution in [-0.2, 0) is 22.8 Å². The number of carbonyl (C=O) groups is 1. The Labute approximate surface area is 118 Å². The average Bonchev–Trinajstić information content (AvgIpc) is 2.77. The predicted octanol–water partition coefficient (Wildman–Crippen LogP) is 0.930. The van der Waals surface area contributed by atoms with Gasteiger partial charge in [0.1, 0.15) is 0 Å². The van der Waals surface area contributed by atoms with E-state index in [1.165, 1.54) is 0 Å². The van der Waals surface area contributed by atoms with Gasteiger partial charge in [-0.15, -0.1) is 0 Å². The van der Waals surface area contributed by atoms with Gasteiger partial charge in [-0.25, -0.2) is 13.2 Å². The number of sulfone groups is 1. The van der Waals surface area contributed by atoms with Gasteiger partial charge >= 0.3 is 5.97 Å². The lowest BCUT2D eigenvalue weighted by Gasteiger charge is -2.33. The van der Waals surface area contributed by atoms with Crippen LogP contribution in [0.1, 0.15) is 27.9 Å². The Morgan fingerprint density at radius 1 is 1.35 bits per heavy atom. The molecule has 2 aliphatic rings. The van der Waals surface area contributed by atoms with Crippen LogP contribution in [0, 0.1) is 0 Å². The molecule has 1 atom stereocenters. The maximum Gasteiger partial charge on any atom is 0.335 e. The lowest BCUT2D eigenvalue weighted by atomic mass is 9.93. The van der Waals surface area contributed by atoms with E-state index in [0.29, 0.717) is 24.9 Å². The molecule has 0 amide bonds. The Morgan fingerprint density at radius 2 is 2.15 bits per heavy atom. The quantitative estimate of drug-likeness (QED) is 0.878. The molecule has 2 heterocycles. The monoisotopic (exact) mass is 295 g/mol. The largest absolute Gasteiger partial charge is 0.478 e. The van der Waals surface area contributed by atoms with Crippen LogP contribution in [0.3, 0.4) is 0 Å². The molecule has 1 N–H and O–H groups in total. The molecule has 3 rings (SSSR count). The van der Waals surface area contributed by atoms with E-state index in [1.54, 1.807) is 12.1 Å². The summed E-state index contributed by atoms with van der Waals surface area (Å²) in [5, 5.41) is 9.19. The molecule has 0 spiro atoms. The highest BCUT2D eigenvalue weighted by Crippen LogP contribution is 2.27. The van der Waals surface area contributed by atoms with Gasteiger partial charge in [-0.2, -0.15) is 0 Å². The predicted molar refractivity (Wildman–Crippen MR) is 74.6 cm³/mol. The van der Waals surface area contributed by atoms with Gasteiger partial charge in [-0.05, 0) is 30.0 Å². The third kappa shape index (κ3) is 2.45. The number of hydrogen-bond donors (Lipinski definition) is 1. The summed E-state index contributed by atoms with van der Waals surface area (Å²) in [6, 6.07) is 5.42. The fraction of sp³-hybridized carbons (Fsp3) is 0.500. The summed E-state index contributed by atoms with van der Waals surface area (Å²) >= 11 is 0. The molecule has 1 aromatic carbocycles. The SMILES string of the molecule is O=C(O)c1cccc2c1CCN(C1CCS(=O)(=O)C1)C2. The normalized spacial score (nSPS) is 25.3. The van der Waals surface area contributed by atoms with Crippen molar-refractivity contribution in [2.24, 2.45) is 0 Å². The zero-order valence-electron chi connectivity index (χ0n) is 11.1. The molecular weight excluding hydrogens is 278 g/mol. The molecule has 6 heteroatoms. The fourth-order valence-corrected chi connectivity index (χ4v) is 4.97. The Bertz CT molecular complexity index is 653. The minimum atomic E-state index is -2.88. The lowest BCUT2D eigenvalue weighted by Crippen LogP contribution is -2.40. The standard InChI is InChI=1S/C14H17NO4S/c16-14(17)13-3-1-2-10-8-15(6-4-12(10)13)11-5-7-20(18,19)9-11/h1-3,11H,4-9H2,(H,16,17). The van der Waals surface area contributed by atoms with Gasteiger partial charge in [0.15, 0.2) is 9.84 Å². The first kappa shape index (κ1) is 13.6.